The molecular weight excluding hydrogens is 227 g/mol. The minimum absolute atomic E-state index is 0. The van der Waals surface area contributed by atoms with Crippen molar-refractivity contribution in [3.05, 3.63) is 0 Å². The van der Waals surface area contributed by atoms with E-state index in [0.717, 1.165) is 0 Å². The Morgan fingerprint density at radius 3 is 0.429 bits per heavy atom. The van der Waals surface area contributed by atoms with E-state index in [4.69, 9.17) is 0 Å². The maximum atomic E-state index is 0. The van der Waals surface area contributed by atoms with E-state index < -0.39 is 0 Å². The maximum Gasteiger partial charge on any atom is 0 e. The van der Waals surface area contributed by atoms with Crippen LogP contribution in [0.15, 0.2) is 0 Å². The molecule has 0 aromatic carbocycles. The van der Waals surface area contributed by atoms with Crippen molar-refractivity contribution in [2.45, 2.75) is 0 Å². The summed E-state index contributed by atoms with van der Waals surface area (Å²) in [5.41, 5.74) is 0. The third-order valence-corrected chi connectivity index (χ3v) is 0. The Kier molecular flexibility index (Phi) is 5200. The van der Waals surface area contributed by atoms with Gasteiger partial charge in [0.15, 0.2) is 0 Å². The first kappa shape index (κ1) is 235. The fourth-order valence-corrected chi connectivity index (χ4v) is 0. The second-order valence-electron chi connectivity index (χ2n) is 0. The van der Waals surface area contributed by atoms with Crippen LogP contribution in [0.4, 0.5) is 0 Å². The summed E-state index contributed by atoms with van der Waals surface area (Å²) in [6.45, 7) is 0. The first-order valence-electron chi connectivity index (χ1n) is 0. The van der Waals surface area contributed by atoms with Crippen molar-refractivity contribution >= 4 is 0 Å². The molecule has 0 unspecified atom stereocenters. The summed E-state index contributed by atoms with van der Waals surface area (Å²) < 4.78 is 0. The fraction of sp³-hybridized carbons (Fsp3) is 0. The second-order valence-corrected chi connectivity index (χ2v) is 0. The van der Waals surface area contributed by atoms with Crippen LogP contribution in [0.2, 0.25) is 0 Å². The smallest absolute Gasteiger partial charge is 0 e. The first-order valence-corrected chi connectivity index (χ1v) is 0. The predicted molar refractivity (Wildman–Crippen MR) is 14.5 cm³/mol. The molecule has 54 valence electrons. The van der Waals surface area contributed by atoms with E-state index in [1.807, 2.05) is 0 Å². The van der Waals surface area contributed by atoms with Crippen molar-refractivity contribution < 1.29 is 73.1 Å². The van der Waals surface area contributed by atoms with Crippen LogP contribution in [0.25, 0.3) is 0 Å². The van der Waals surface area contributed by atoms with Crippen molar-refractivity contribution in [1.29, 1.82) is 0 Å². The van der Waals surface area contributed by atoms with Crippen LogP contribution in [0.3, 0.4) is 0 Å². The van der Waals surface area contributed by atoms with Gasteiger partial charge in [-0.25, -0.2) is 0 Å². The Balaban J connectivity index is 0. The van der Waals surface area contributed by atoms with E-state index in [9.17, 15) is 0 Å². The van der Waals surface area contributed by atoms with Gasteiger partial charge >= 0.3 is 0 Å². The Labute approximate surface area is 73.1 Å². The van der Waals surface area contributed by atoms with E-state index in [2.05, 4.69) is 0 Å². The van der Waals surface area contributed by atoms with E-state index in [1.165, 1.54) is 0 Å². The maximum absolute atomic E-state index is 0. The number of hydrogen-bond acceptors (Lipinski definition) is 0. The topological polar surface area (TPSA) is 126 Å². The van der Waals surface area contributed by atoms with Gasteiger partial charge in [-0.15, -0.1) is 0 Å². The van der Waals surface area contributed by atoms with Crippen LogP contribution in [0.1, 0.15) is 0 Å². The molecule has 0 aliphatic carbocycles. The van der Waals surface area contributed by atoms with Gasteiger partial charge in [-0.05, 0) is 0 Å². The summed E-state index contributed by atoms with van der Waals surface area (Å²) in [5, 5.41) is 0. The minimum Gasteiger partial charge on any atom is -0.412 e. The van der Waals surface area contributed by atoms with Gasteiger partial charge in [0.2, 0.25) is 0 Å². The molecule has 0 spiro atoms. The SMILES string of the molecule is O.O.O.O.[Cr].[Cr].[Ni]. The zero-order valence-corrected chi connectivity index (χ0v) is 6.67. The zero-order chi connectivity index (χ0) is 0. The van der Waals surface area contributed by atoms with Gasteiger partial charge in [-0.1, -0.05) is 0 Å². The average molecular weight is 235 g/mol. The van der Waals surface area contributed by atoms with Gasteiger partial charge in [0.25, 0.3) is 0 Å². The summed E-state index contributed by atoms with van der Waals surface area (Å²) in [4.78, 5) is 0. The molecule has 0 radical (unpaired) electrons. The molecule has 0 saturated heterocycles. The minimum atomic E-state index is 0. The summed E-state index contributed by atoms with van der Waals surface area (Å²) in [5.74, 6) is 0. The summed E-state index contributed by atoms with van der Waals surface area (Å²) in [7, 11) is 0. The average Bonchev–Trinajstić information content (AvgIpc) is 0. The molecular formula is H8Cr2NiO4. The summed E-state index contributed by atoms with van der Waals surface area (Å²) >= 11 is 0. The first-order chi connectivity index (χ1) is 0. The zero-order valence-electron chi connectivity index (χ0n) is 3.13. The van der Waals surface area contributed by atoms with Crippen LogP contribution in [-0.4, -0.2) is 21.9 Å². The molecule has 0 bridgehead atoms. The molecule has 0 aromatic heterocycles. The predicted octanol–water partition coefficient (Wildman–Crippen LogP) is -3.31. The van der Waals surface area contributed by atoms with E-state index in [0.29, 0.717) is 0 Å². The molecule has 0 saturated carbocycles. The van der Waals surface area contributed by atoms with Gasteiger partial charge in [0, 0.05) is 51.2 Å². The summed E-state index contributed by atoms with van der Waals surface area (Å²) in [6, 6.07) is 0. The molecule has 0 aliphatic rings. The quantitative estimate of drug-likeness (QED) is 0.389. The van der Waals surface area contributed by atoms with Crippen molar-refractivity contribution in [3.8, 4) is 0 Å². The van der Waals surface area contributed by atoms with Crippen LogP contribution in [0, 0.1) is 0 Å². The van der Waals surface area contributed by atoms with Gasteiger partial charge in [0.1, 0.15) is 0 Å². The molecule has 7 heteroatoms. The molecule has 0 amide bonds. The van der Waals surface area contributed by atoms with E-state index in [-0.39, 0.29) is 73.1 Å². The van der Waals surface area contributed by atoms with Crippen molar-refractivity contribution in [2.75, 3.05) is 0 Å². The van der Waals surface area contributed by atoms with Crippen molar-refractivity contribution in [2.24, 2.45) is 0 Å². The van der Waals surface area contributed by atoms with Gasteiger partial charge in [0.05, 0.1) is 0 Å². The molecule has 4 nitrogen and oxygen atoms in total. The molecule has 0 heterocycles. The number of rotatable bonds is 0. The standard InChI is InChI=1S/2Cr.Ni.4H2O/h;;;4*1H2. The van der Waals surface area contributed by atoms with Crippen molar-refractivity contribution in [1.82, 2.24) is 0 Å². The Hall–Kier alpha value is 1.40. The fourth-order valence-electron chi connectivity index (χ4n) is 0. The van der Waals surface area contributed by atoms with E-state index >= 15 is 0 Å². The summed E-state index contributed by atoms with van der Waals surface area (Å²) in [6.07, 6.45) is 0. The Bertz CT molecular complexity index is 9.65. The molecule has 0 fully saturated rings. The third-order valence-electron chi connectivity index (χ3n) is 0. The van der Waals surface area contributed by atoms with E-state index in [1.54, 1.807) is 0 Å². The third kappa shape index (κ3) is 110. The molecule has 0 aromatic rings. The largest absolute Gasteiger partial charge is 0.412 e. The molecule has 0 rings (SSSR count). The van der Waals surface area contributed by atoms with Crippen LogP contribution in [0.5, 0.6) is 0 Å². The van der Waals surface area contributed by atoms with Crippen molar-refractivity contribution in [3.63, 3.8) is 0 Å². The number of hydrogen-bond donors (Lipinski definition) is 0. The monoisotopic (exact) mass is 234 g/mol. The van der Waals surface area contributed by atoms with Gasteiger partial charge in [-0.2, -0.15) is 0 Å². The second kappa shape index (κ2) is 155. The van der Waals surface area contributed by atoms with Crippen LogP contribution >= 0.6 is 0 Å². The molecule has 8 N–H and O–H groups in total. The normalized spacial score (nSPS) is 0. The Morgan fingerprint density at radius 2 is 0.429 bits per heavy atom. The van der Waals surface area contributed by atoms with Gasteiger partial charge < -0.3 is 21.9 Å². The Morgan fingerprint density at radius 1 is 0.429 bits per heavy atom. The van der Waals surface area contributed by atoms with Crippen LogP contribution in [-0.2, 0) is 51.2 Å². The molecule has 0 atom stereocenters. The molecule has 0 aliphatic heterocycles. The van der Waals surface area contributed by atoms with Gasteiger partial charge in [-0.3, -0.25) is 0 Å². The molecule has 7 heavy (non-hydrogen) atoms. The van der Waals surface area contributed by atoms with Crippen LogP contribution < -0.4 is 0 Å².